The van der Waals surface area contributed by atoms with E-state index in [1.807, 2.05) is 24.3 Å². The van der Waals surface area contributed by atoms with Crippen LogP contribution in [0.5, 0.6) is 0 Å². The van der Waals surface area contributed by atoms with Gasteiger partial charge < -0.3 is 0 Å². The van der Waals surface area contributed by atoms with Gasteiger partial charge in [-0.2, -0.15) is 0 Å². The number of nitrogens with two attached hydrogens (primary N) is 1. The zero-order valence-electron chi connectivity index (χ0n) is 10.0. The molecule has 0 radical (unpaired) electrons. The minimum atomic E-state index is -0.419. The summed E-state index contributed by atoms with van der Waals surface area (Å²) in [6.07, 6.45) is 0.602. The van der Waals surface area contributed by atoms with Gasteiger partial charge in [-0.3, -0.25) is 11.3 Å². The average molecular weight is 391 g/mol. The number of hydrogen-bond acceptors (Lipinski definition) is 2. The monoisotopic (exact) mass is 390 g/mol. The highest BCUT2D eigenvalue weighted by Crippen LogP contribution is 2.25. The Morgan fingerprint density at radius 1 is 1.21 bits per heavy atom. The maximum absolute atomic E-state index is 14.0. The first-order valence-electron chi connectivity index (χ1n) is 5.76. The Bertz CT molecular complexity index is 560. The van der Waals surface area contributed by atoms with Gasteiger partial charge in [0, 0.05) is 9.13 Å². The molecule has 1 unspecified atom stereocenters. The third-order valence-electron chi connectivity index (χ3n) is 2.91. The summed E-state index contributed by atoms with van der Waals surface area (Å²) in [6.45, 7) is 0. The van der Waals surface area contributed by atoms with Crippen molar-refractivity contribution in [3.63, 3.8) is 0 Å². The van der Waals surface area contributed by atoms with E-state index < -0.39 is 5.82 Å². The molecular formula is C14H13ClFIN2. The standard InChI is InChI=1S/C14H13ClFIN2/c15-12-3-1-2-11(14(12)16)13(19-18)8-9-4-6-10(17)7-5-9/h1-7,13,19H,8,18H2. The number of hydrogen-bond donors (Lipinski definition) is 2. The van der Waals surface area contributed by atoms with E-state index in [-0.39, 0.29) is 11.1 Å². The lowest BCUT2D eigenvalue weighted by Gasteiger charge is -2.17. The van der Waals surface area contributed by atoms with E-state index in [1.54, 1.807) is 12.1 Å². The molecule has 0 aliphatic heterocycles. The van der Waals surface area contributed by atoms with Crippen molar-refractivity contribution in [3.8, 4) is 0 Å². The van der Waals surface area contributed by atoms with Crippen molar-refractivity contribution in [2.24, 2.45) is 5.84 Å². The molecule has 0 aromatic heterocycles. The summed E-state index contributed by atoms with van der Waals surface area (Å²) in [6, 6.07) is 12.7. The molecule has 0 heterocycles. The van der Waals surface area contributed by atoms with Gasteiger partial charge >= 0.3 is 0 Å². The van der Waals surface area contributed by atoms with E-state index in [9.17, 15) is 4.39 Å². The van der Waals surface area contributed by atoms with Crippen LogP contribution in [-0.4, -0.2) is 0 Å². The Hall–Kier alpha value is -0.690. The maximum Gasteiger partial charge on any atom is 0.146 e. The molecule has 0 saturated heterocycles. The first-order valence-corrected chi connectivity index (χ1v) is 7.22. The molecule has 0 bridgehead atoms. The summed E-state index contributed by atoms with van der Waals surface area (Å²) in [5, 5.41) is 0.111. The smallest absolute Gasteiger partial charge is 0.146 e. The van der Waals surface area contributed by atoms with Crippen LogP contribution in [0, 0.1) is 9.39 Å². The normalized spacial score (nSPS) is 12.4. The van der Waals surface area contributed by atoms with Gasteiger partial charge in [-0.15, -0.1) is 0 Å². The highest BCUT2D eigenvalue weighted by molar-refractivity contribution is 14.1. The quantitative estimate of drug-likeness (QED) is 0.473. The molecule has 100 valence electrons. The molecule has 19 heavy (non-hydrogen) atoms. The Labute approximate surface area is 130 Å². The summed E-state index contributed by atoms with van der Waals surface area (Å²) in [7, 11) is 0. The minimum absolute atomic E-state index is 0.111. The van der Waals surface area contributed by atoms with E-state index in [4.69, 9.17) is 17.4 Å². The lowest BCUT2D eigenvalue weighted by Crippen LogP contribution is -2.30. The second kappa shape index (κ2) is 6.65. The highest BCUT2D eigenvalue weighted by Gasteiger charge is 2.16. The van der Waals surface area contributed by atoms with Gasteiger partial charge in [0.25, 0.3) is 0 Å². The van der Waals surface area contributed by atoms with E-state index in [1.165, 1.54) is 6.07 Å². The van der Waals surface area contributed by atoms with Crippen LogP contribution in [0.3, 0.4) is 0 Å². The van der Waals surface area contributed by atoms with Gasteiger partial charge in [0.15, 0.2) is 0 Å². The fourth-order valence-electron chi connectivity index (χ4n) is 1.90. The van der Waals surface area contributed by atoms with Crippen molar-refractivity contribution < 1.29 is 4.39 Å². The molecular weight excluding hydrogens is 378 g/mol. The Kier molecular flexibility index (Phi) is 5.15. The minimum Gasteiger partial charge on any atom is -0.271 e. The van der Waals surface area contributed by atoms with Gasteiger partial charge in [0.1, 0.15) is 5.82 Å². The molecule has 2 aromatic rings. The molecule has 2 rings (SSSR count). The van der Waals surface area contributed by atoms with Crippen LogP contribution in [0.15, 0.2) is 42.5 Å². The predicted octanol–water partition coefficient (Wildman–Crippen LogP) is 3.83. The number of rotatable bonds is 4. The van der Waals surface area contributed by atoms with E-state index >= 15 is 0 Å². The van der Waals surface area contributed by atoms with Crippen molar-refractivity contribution in [2.75, 3.05) is 0 Å². The lowest BCUT2D eigenvalue weighted by molar-refractivity contribution is 0.511. The van der Waals surface area contributed by atoms with Crippen molar-refractivity contribution in [2.45, 2.75) is 12.5 Å². The molecule has 0 fully saturated rings. The first-order chi connectivity index (χ1) is 9.11. The Morgan fingerprint density at radius 2 is 1.89 bits per heavy atom. The van der Waals surface area contributed by atoms with E-state index in [0.29, 0.717) is 12.0 Å². The molecule has 0 aliphatic carbocycles. The van der Waals surface area contributed by atoms with Crippen molar-refractivity contribution in [1.29, 1.82) is 0 Å². The second-order valence-corrected chi connectivity index (χ2v) is 5.85. The molecule has 0 amide bonds. The Morgan fingerprint density at radius 3 is 2.53 bits per heavy atom. The third kappa shape index (κ3) is 3.66. The number of halogens is 3. The van der Waals surface area contributed by atoms with Crippen LogP contribution < -0.4 is 11.3 Å². The molecule has 2 aromatic carbocycles. The molecule has 3 N–H and O–H groups in total. The van der Waals surface area contributed by atoms with Crippen molar-refractivity contribution in [3.05, 3.63) is 68.0 Å². The summed E-state index contributed by atoms with van der Waals surface area (Å²) in [5.74, 6) is 5.12. The number of benzene rings is 2. The summed E-state index contributed by atoms with van der Waals surface area (Å²) in [5.41, 5.74) is 4.21. The third-order valence-corrected chi connectivity index (χ3v) is 3.92. The van der Waals surface area contributed by atoms with Gasteiger partial charge in [0.05, 0.1) is 11.1 Å². The number of hydrazine groups is 1. The number of nitrogens with one attached hydrogen (secondary N) is 1. The van der Waals surface area contributed by atoms with Crippen LogP contribution >= 0.6 is 34.2 Å². The van der Waals surface area contributed by atoms with Crippen LogP contribution in [0.4, 0.5) is 4.39 Å². The first kappa shape index (κ1) is 14.7. The Balaban J connectivity index is 2.25. The van der Waals surface area contributed by atoms with Gasteiger partial charge in [-0.25, -0.2) is 4.39 Å². The van der Waals surface area contributed by atoms with Crippen LogP contribution in [0.2, 0.25) is 5.02 Å². The van der Waals surface area contributed by atoms with Gasteiger partial charge in [0.2, 0.25) is 0 Å². The van der Waals surface area contributed by atoms with Crippen LogP contribution in [0.25, 0.3) is 0 Å². The van der Waals surface area contributed by atoms with Crippen molar-refractivity contribution in [1.82, 2.24) is 5.43 Å². The molecule has 2 nitrogen and oxygen atoms in total. The molecule has 0 spiro atoms. The van der Waals surface area contributed by atoms with Crippen molar-refractivity contribution >= 4 is 34.2 Å². The fraction of sp³-hybridized carbons (Fsp3) is 0.143. The fourth-order valence-corrected chi connectivity index (χ4v) is 2.45. The highest BCUT2D eigenvalue weighted by atomic mass is 127. The van der Waals surface area contributed by atoms with Crippen LogP contribution in [-0.2, 0) is 6.42 Å². The average Bonchev–Trinajstić information content (AvgIpc) is 2.42. The SMILES string of the molecule is NNC(Cc1ccc(I)cc1)c1cccc(Cl)c1F. The largest absolute Gasteiger partial charge is 0.271 e. The van der Waals surface area contributed by atoms with E-state index in [2.05, 4.69) is 28.0 Å². The molecule has 5 heteroatoms. The molecule has 1 atom stereocenters. The molecule has 0 saturated carbocycles. The lowest BCUT2D eigenvalue weighted by atomic mass is 9.99. The second-order valence-electron chi connectivity index (χ2n) is 4.19. The summed E-state index contributed by atoms with van der Waals surface area (Å²) >= 11 is 8.04. The zero-order chi connectivity index (χ0) is 13.8. The topological polar surface area (TPSA) is 38.0 Å². The predicted molar refractivity (Wildman–Crippen MR) is 84.3 cm³/mol. The van der Waals surface area contributed by atoms with Gasteiger partial charge in [-0.05, 0) is 52.8 Å². The zero-order valence-corrected chi connectivity index (χ0v) is 13.0. The van der Waals surface area contributed by atoms with Crippen LogP contribution in [0.1, 0.15) is 17.2 Å². The van der Waals surface area contributed by atoms with E-state index in [0.717, 1.165) is 9.13 Å². The van der Waals surface area contributed by atoms with Gasteiger partial charge in [-0.1, -0.05) is 35.9 Å². The summed E-state index contributed by atoms with van der Waals surface area (Å²) in [4.78, 5) is 0. The summed E-state index contributed by atoms with van der Waals surface area (Å²) < 4.78 is 15.1. The maximum atomic E-state index is 14.0. The molecule has 0 aliphatic rings.